The maximum Gasteiger partial charge on any atom is 0.330 e. The van der Waals surface area contributed by atoms with Gasteiger partial charge in [0.15, 0.2) is 6.04 Å². The lowest BCUT2D eigenvalue weighted by Gasteiger charge is -2.16. The SMILES string of the molecule is CC1(C)CC1NC(=O)NC(C(=O)O)c1ccccc1. The van der Waals surface area contributed by atoms with Crippen LogP contribution >= 0.6 is 0 Å². The minimum atomic E-state index is -1.07. The van der Waals surface area contributed by atoms with Crippen LogP contribution in [0.15, 0.2) is 30.3 Å². The van der Waals surface area contributed by atoms with Gasteiger partial charge in [0.1, 0.15) is 0 Å². The molecule has 1 fully saturated rings. The topological polar surface area (TPSA) is 78.4 Å². The second-order valence-electron chi connectivity index (χ2n) is 5.55. The molecule has 1 saturated carbocycles. The fourth-order valence-electron chi connectivity index (χ4n) is 1.98. The molecule has 2 rings (SSSR count). The molecule has 0 radical (unpaired) electrons. The van der Waals surface area contributed by atoms with E-state index in [1.807, 2.05) is 0 Å². The largest absolute Gasteiger partial charge is 0.479 e. The second-order valence-corrected chi connectivity index (χ2v) is 5.55. The van der Waals surface area contributed by atoms with Crippen LogP contribution in [0.3, 0.4) is 0 Å². The van der Waals surface area contributed by atoms with Gasteiger partial charge in [0.2, 0.25) is 0 Å². The van der Waals surface area contributed by atoms with Crippen molar-refractivity contribution in [3.63, 3.8) is 0 Å². The summed E-state index contributed by atoms with van der Waals surface area (Å²) in [4.78, 5) is 23.0. The van der Waals surface area contributed by atoms with Crippen LogP contribution < -0.4 is 10.6 Å². The van der Waals surface area contributed by atoms with Gasteiger partial charge in [-0.25, -0.2) is 9.59 Å². The van der Waals surface area contributed by atoms with Crippen molar-refractivity contribution in [3.05, 3.63) is 35.9 Å². The van der Waals surface area contributed by atoms with Crippen molar-refractivity contribution in [2.24, 2.45) is 5.41 Å². The van der Waals surface area contributed by atoms with Crippen molar-refractivity contribution in [3.8, 4) is 0 Å². The van der Waals surface area contributed by atoms with Crippen LogP contribution in [0, 0.1) is 5.41 Å². The number of rotatable bonds is 4. The molecule has 0 aliphatic heterocycles. The first kappa shape index (κ1) is 13.4. The van der Waals surface area contributed by atoms with E-state index in [0.29, 0.717) is 5.56 Å². The molecule has 0 saturated heterocycles. The molecule has 0 bridgehead atoms. The van der Waals surface area contributed by atoms with Crippen LogP contribution in [0.4, 0.5) is 4.79 Å². The minimum Gasteiger partial charge on any atom is -0.479 e. The number of carboxylic acid groups (broad SMARTS) is 1. The Hall–Kier alpha value is -2.04. The molecule has 0 aromatic heterocycles. The van der Waals surface area contributed by atoms with E-state index in [4.69, 9.17) is 0 Å². The summed E-state index contributed by atoms with van der Waals surface area (Å²) in [7, 11) is 0. The van der Waals surface area contributed by atoms with Crippen molar-refractivity contribution in [1.82, 2.24) is 10.6 Å². The molecular formula is C14H18N2O3. The predicted octanol–water partition coefficient (Wildman–Crippen LogP) is 1.91. The highest BCUT2D eigenvalue weighted by Gasteiger charge is 2.46. The summed E-state index contributed by atoms with van der Waals surface area (Å²) in [6, 6.07) is 7.31. The molecule has 19 heavy (non-hydrogen) atoms. The van der Waals surface area contributed by atoms with Crippen molar-refractivity contribution in [2.45, 2.75) is 32.4 Å². The van der Waals surface area contributed by atoms with E-state index in [9.17, 15) is 14.7 Å². The lowest BCUT2D eigenvalue weighted by atomic mass is 10.1. The molecule has 3 N–H and O–H groups in total. The molecule has 2 amide bonds. The molecule has 1 aliphatic rings. The van der Waals surface area contributed by atoms with Crippen LogP contribution in [0.1, 0.15) is 31.9 Å². The van der Waals surface area contributed by atoms with Gasteiger partial charge in [0, 0.05) is 6.04 Å². The van der Waals surface area contributed by atoms with Gasteiger partial charge < -0.3 is 15.7 Å². The molecule has 5 nitrogen and oxygen atoms in total. The van der Waals surface area contributed by atoms with Crippen LogP contribution in [-0.4, -0.2) is 23.1 Å². The second kappa shape index (κ2) is 4.91. The standard InChI is InChI=1S/C14H18N2O3/c1-14(2)8-10(14)15-13(19)16-11(12(17)18)9-6-4-3-5-7-9/h3-7,10-11H,8H2,1-2H3,(H,17,18)(H2,15,16,19). The number of carbonyl (C=O) groups is 2. The Morgan fingerprint density at radius 1 is 1.32 bits per heavy atom. The number of urea groups is 1. The summed E-state index contributed by atoms with van der Waals surface area (Å²) in [6.07, 6.45) is 0.920. The van der Waals surface area contributed by atoms with E-state index >= 15 is 0 Å². The van der Waals surface area contributed by atoms with Gasteiger partial charge in [0.25, 0.3) is 0 Å². The highest BCUT2D eigenvalue weighted by molar-refractivity contribution is 5.84. The summed E-state index contributed by atoms with van der Waals surface area (Å²) in [5.74, 6) is -1.07. The van der Waals surface area contributed by atoms with Gasteiger partial charge in [-0.3, -0.25) is 0 Å². The number of carbonyl (C=O) groups excluding carboxylic acids is 1. The number of hydrogen-bond donors (Lipinski definition) is 3. The Morgan fingerprint density at radius 3 is 2.37 bits per heavy atom. The maximum atomic E-state index is 11.8. The zero-order chi connectivity index (χ0) is 14.0. The van der Waals surface area contributed by atoms with E-state index in [0.717, 1.165) is 6.42 Å². The Balaban J connectivity index is 1.98. The lowest BCUT2D eigenvalue weighted by molar-refractivity contribution is -0.139. The van der Waals surface area contributed by atoms with Crippen LogP contribution in [0.2, 0.25) is 0 Å². The summed E-state index contributed by atoms with van der Waals surface area (Å²) >= 11 is 0. The number of amides is 2. The number of benzene rings is 1. The Morgan fingerprint density at radius 2 is 1.89 bits per heavy atom. The molecule has 102 valence electrons. The van der Waals surface area contributed by atoms with Crippen molar-refractivity contribution < 1.29 is 14.7 Å². The number of hydrogen-bond acceptors (Lipinski definition) is 2. The molecule has 0 spiro atoms. The first-order chi connectivity index (χ1) is 8.90. The van der Waals surface area contributed by atoms with Gasteiger partial charge in [-0.2, -0.15) is 0 Å². The van der Waals surface area contributed by atoms with E-state index in [2.05, 4.69) is 24.5 Å². The van der Waals surface area contributed by atoms with Crippen LogP contribution in [-0.2, 0) is 4.79 Å². The van der Waals surface area contributed by atoms with Crippen molar-refractivity contribution in [1.29, 1.82) is 0 Å². The maximum absolute atomic E-state index is 11.8. The van der Waals surface area contributed by atoms with E-state index in [1.165, 1.54) is 0 Å². The number of aliphatic carboxylic acids is 1. The molecule has 2 unspecified atom stereocenters. The highest BCUT2D eigenvalue weighted by Crippen LogP contribution is 2.44. The summed E-state index contributed by atoms with van der Waals surface area (Å²) < 4.78 is 0. The molecule has 1 aliphatic carbocycles. The molecule has 0 heterocycles. The number of carboxylic acids is 1. The Labute approximate surface area is 112 Å². The quantitative estimate of drug-likeness (QED) is 0.775. The molecule has 5 heteroatoms. The monoisotopic (exact) mass is 262 g/mol. The average molecular weight is 262 g/mol. The van der Waals surface area contributed by atoms with Gasteiger partial charge >= 0.3 is 12.0 Å². The normalized spacial score (nSPS) is 21.3. The Bertz CT molecular complexity index is 485. The first-order valence-electron chi connectivity index (χ1n) is 6.25. The van der Waals surface area contributed by atoms with Crippen molar-refractivity contribution >= 4 is 12.0 Å². The van der Waals surface area contributed by atoms with Gasteiger partial charge in [-0.15, -0.1) is 0 Å². The van der Waals surface area contributed by atoms with Crippen LogP contribution in [0.25, 0.3) is 0 Å². The lowest BCUT2D eigenvalue weighted by Crippen LogP contribution is -2.42. The third-order valence-corrected chi connectivity index (χ3v) is 3.47. The zero-order valence-electron chi connectivity index (χ0n) is 11.0. The summed E-state index contributed by atoms with van der Waals surface area (Å²) in [6.45, 7) is 4.12. The van der Waals surface area contributed by atoms with E-state index in [1.54, 1.807) is 30.3 Å². The van der Waals surface area contributed by atoms with E-state index < -0.39 is 18.0 Å². The molecule has 1 aromatic rings. The Kier molecular flexibility index (Phi) is 3.46. The van der Waals surface area contributed by atoms with Crippen molar-refractivity contribution in [2.75, 3.05) is 0 Å². The van der Waals surface area contributed by atoms with Crippen LogP contribution in [0.5, 0.6) is 0 Å². The number of nitrogens with one attached hydrogen (secondary N) is 2. The van der Waals surface area contributed by atoms with E-state index in [-0.39, 0.29) is 11.5 Å². The third kappa shape index (κ3) is 3.24. The summed E-state index contributed by atoms with van der Waals surface area (Å²) in [5.41, 5.74) is 0.670. The highest BCUT2D eigenvalue weighted by atomic mass is 16.4. The zero-order valence-corrected chi connectivity index (χ0v) is 11.0. The minimum absolute atomic E-state index is 0.114. The summed E-state index contributed by atoms with van der Waals surface area (Å²) in [5, 5.41) is 14.5. The van der Waals surface area contributed by atoms with Gasteiger partial charge in [0.05, 0.1) is 0 Å². The van der Waals surface area contributed by atoms with Gasteiger partial charge in [-0.1, -0.05) is 44.2 Å². The molecular weight excluding hydrogens is 244 g/mol. The third-order valence-electron chi connectivity index (χ3n) is 3.47. The fourth-order valence-corrected chi connectivity index (χ4v) is 1.98. The average Bonchev–Trinajstić information content (AvgIpc) is 2.94. The smallest absolute Gasteiger partial charge is 0.330 e. The molecule has 2 atom stereocenters. The first-order valence-corrected chi connectivity index (χ1v) is 6.25. The fraction of sp³-hybridized carbons (Fsp3) is 0.429. The molecule has 1 aromatic carbocycles. The van der Waals surface area contributed by atoms with Gasteiger partial charge in [-0.05, 0) is 17.4 Å². The predicted molar refractivity (Wildman–Crippen MR) is 70.7 cm³/mol.